The Bertz CT molecular complexity index is 721. The molecule has 0 radical (unpaired) electrons. The molecule has 1 aromatic heterocycles. The highest BCUT2D eigenvalue weighted by atomic mass is 16.6. The standard InChI is InChI=1S/C20H26N4O3/c1-25-17-4-2-5-18-19(17)27-16(14-26-18)13-21-12-15-6-10-24(11-7-15)20-22-8-3-9-23-20/h2-5,8-9,15-16,21H,6-7,10-14H2,1H3/t16-/m0/s1. The highest BCUT2D eigenvalue weighted by Crippen LogP contribution is 2.39. The van der Waals surface area contributed by atoms with E-state index in [1.165, 1.54) is 0 Å². The fraction of sp³-hybridized carbons (Fsp3) is 0.500. The van der Waals surface area contributed by atoms with E-state index in [-0.39, 0.29) is 6.10 Å². The van der Waals surface area contributed by atoms with Gasteiger partial charge in [0.15, 0.2) is 11.5 Å². The second kappa shape index (κ2) is 8.43. The number of fused-ring (bicyclic) bond motifs is 1. The van der Waals surface area contributed by atoms with Gasteiger partial charge in [-0.15, -0.1) is 0 Å². The molecule has 0 unspecified atom stereocenters. The molecule has 0 spiro atoms. The van der Waals surface area contributed by atoms with Crippen molar-refractivity contribution in [3.63, 3.8) is 0 Å². The maximum absolute atomic E-state index is 6.08. The highest BCUT2D eigenvalue weighted by molar-refractivity contribution is 5.52. The van der Waals surface area contributed by atoms with Crippen molar-refractivity contribution in [3.05, 3.63) is 36.7 Å². The van der Waals surface area contributed by atoms with Crippen LogP contribution in [-0.4, -0.2) is 56.0 Å². The summed E-state index contributed by atoms with van der Waals surface area (Å²) in [5.74, 6) is 3.67. The molecule has 0 saturated carbocycles. The number of hydrogen-bond donors (Lipinski definition) is 1. The van der Waals surface area contributed by atoms with Gasteiger partial charge in [0, 0.05) is 32.0 Å². The molecule has 1 aromatic carbocycles. The summed E-state index contributed by atoms with van der Waals surface area (Å²) < 4.78 is 17.3. The molecule has 0 amide bonds. The molecular weight excluding hydrogens is 344 g/mol. The summed E-state index contributed by atoms with van der Waals surface area (Å²) in [6, 6.07) is 7.56. The molecule has 7 nitrogen and oxygen atoms in total. The van der Waals surface area contributed by atoms with Crippen molar-refractivity contribution in [2.75, 3.05) is 44.8 Å². The summed E-state index contributed by atoms with van der Waals surface area (Å²) >= 11 is 0. The molecule has 0 bridgehead atoms. The van der Waals surface area contributed by atoms with E-state index in [1.807, 2.05) is 24.3 Å². The summed E-state index contributed by atoms with van der Waals surface area (Å²) in [4.78, 5) is 10.9. The van der Waals surface area contributed by atoms with Gasteiger partial charge in [0.25, 0.3) is 0 Å². The number of aromatic nitrogens is 2. The minimum atomic E-state index is -0.00777. The molecule has 144 valence electrons. The highest BCUT2D eigenvalue weighted by Gasteiger charge is 2.25. The van der Waals surface area contributed by atoms with Gasteiger partial charge >= 0.3 is 0 Å². The maximum Gasteiger partial charge on any atom is 0.225 e. The summed E-state index contributed by atoms with van der Waals surface area (Å²) in [6.07, 6.45) is 5.88. The Labute approximate surface area is 159 Å². The van der Waals surface area contributed by atoms with E-state index in [2.05, 4.69) is 20.2 Å². The van der Waals surface area contributed by atoms with Gasteiger partial charge in [-0.2, -0.15) is 0 Å². The predicted molar refractivity (Wildman–Crippen MR) is 103 cm³/mol. The fourth-order valence-corrected chi connectivity index (χ4v) is 3.61. The van der Waals surface area contributed by atoms with Crippen LogP contribution < -0.4 is 24.4 Å². The molecule has 1 fully saturated rings. The Morgan fingerprint density at radius 3 is 2.74 bits per heavy atom. The van der Waals surface area contributed by atoms with E-state index in [1.54, 1.807) is 19.5 Å². The number of ether oxygens (including phenoxy) is 3. The second-order valence-electron chi connectivity index (χ2n) is 6.98. The van der Waals surface area contributed by atoms with E-state index in [4.69, 9.17) is 14.2 Å². The van der Waals surface area contributed by atoms with E-state index in [0.29, 0.717) is 24.0 Å². The van der Waals surface area contributed by atoms with Gasteiger partial charge in [0.05, 0.1) is 7.11 Å². The van der Waals surface area contributed by atoms with Gasteiger partial charge in [0.2, 0.25) is 11.7 Å². The normalized spacial score (nSPS) is 19.7. The van der Waals surface area contributed by atoms with Gasteiger partial charge in [0.1, 0.15) is 12.7 Å². The predicted octanol–water partition coefficient (Wildman–Crippen LogP) is 2.13. The van der Waals surface area contributed by atoms with Crippen LogP contribution in [0.4, 0.5) is 5.95 Å². The Balaban J connectivity index is 1.21. The number of nitrogens with one attached hydrogen (secondary N) is 1. The van der Waals surface area contributed by atoms with Crippen molar-refractivity contribution in [1.29, 1.82) is 0 Å². The minimum Gasteiger partial charge on any atom is -0.493 e. The van der Waals surface area contributed by atoms with Crippen LogP contribution in [0.2, 0.25) is 0 Å². The Morgan fingerprint density at radius 2 is 1.96 bits per heavy atom. The van der Waals surface area contributed by atoms with Crippen LogP contribution in [0, 0.1) is 5.92 Å². The summed E-state index contributed by atoms with van der Waals surface area (Å²) in [6.45, 7) is 4.31. The zero-order chi connectivity index (χ0) is 18.5. The Morgan fingerprint density at radius 1 is 1.15 bits per heavy atom. The molecule has 3 heterocycles. The first-order valence-corrected chi connectivity index (χ1v) is 9.52. The lowest BCUT2D eigenvalue weighted by atomic mass is 9.97. The van der Waals surface area contributed by atoms with E-state index in [0.717, 1.165) is 50.7 Å². The maximum atomic E-state index is 6.08. The zero-order valence-electron chi connectivity index (χ0n) is 15.6. The number of anilines is 1. The molecular formula is C20H26N4O3. The number of para-hydroxylation sites is 1. The van der Waals surface area contributed by atoms with Crippen LogP contribution in [0.15, 0.2) is 36.7 Å². The molecule has 4 rings (SSSR count). The summed E-state index contributed by atoms with van der Waals surface area (Å²) in [5, 5.41) is 3.55. The topological polar surface area (TPSA) is 68.7 Å². The number of nitrogens with zero attached hydrogens (tertiary/aromatic N) is 3. The van der Waals surface area contributed by atoms with Crippen LogP contribution >= 0.6 is 0 Å². The summed E-state index contributed by atoms with van der Waals surface area (Å²) in [5.41, 5.74) is 0. The van der Waals surface area contributed by atoms with Crippen molar-refractivity contribution in [1.82, 2.24) is 15.3 Å². The molecule has 27 heavy (non-hydrogen) atoms. The number of methoxy groups -OCH3 is 1. The van der Waals surface area contributed by atoms with E-state index in [9.17, 15) is 0 Å². The molecule has 2 aliphatic rings. The lowest BCUT2D eigenvalue weighted by Gasteiger charge is -2.32. The van der Waals surface area contributed by atoms with E-state index >= 15 is 0 Å². The average Bonchev–Trinajstić information content (AvgIpc) is 2.74. The van der Waals surface area contributed by atoms with Gasteiger partial charge in [-0.05, 0) is 43.5 Å². The first-order valence-electron chi connectivity index (χ1n) is 9.52. The molecule has 1 saturated heterocycles. The molecule has 2 aromatic rings. The molecule has 0 aliphatic carbocycles. The third-order valence-electron chi connectivity index (χ3n) is 5.13. The van der Waals surface area contributed by atoms with Gasteiger partial charge in [-0.25, -0.2) is 9.97 Å². The van der Waals surface area contributed by atoms with Crippen molar-refractivity contribution in [2.24, 2.45) is 5.92 Å². The first kappa shape index (κ1) is 17.9. The second-order valence-corrected chi connectivity index (χ2v) is 6.98. The van der Waals surface area contributed by atoms with Crippen LogP contribution in [0.25, 0.3) is 0 Å². The average molecular weight is 370 g/mol. The fourth-order valence-electron chi connectivity index (χ4n) is 3.61. The molecule has 7 heteroatoms. The van der Waals surface area contributed by atoms with Crippen LogP contribution in [-0.2, 0) is 0 Å². The van der Waals surface area contributed by atoms with Crippen molar-refractivity contribution >= 4 is 5.95 Å². The summed E-state index contributed by atoms with van der Waals surface area (Å²) in [7, 11) is 1.65. The Kier molecular flexibility index (Phi) is 5.58. The number of benzene rings is 1. The largest absolute Gasteiger partial charge is 0.493 e. The van der Waals surface area contributed by atoms with Gasteiger partial charge < -0.3 is 24.4 Å². The lowest BCUT2D eigenvalue weighted by Crippen LogP contribution is -2.42. The molecule has 1 N–H and O–H groups in total. The smallest absolute Gasteiger partial charge is 0.225 e. The van der Waals surface area contributed by atoms with Crippen LogP contribution in [0.3, 0.4) is 0 Å². The third kappa shape index (κ3) is 4.24. The van der Waals surface area contributed by atoms with Gasteiger partial charge in [-0.3, -0.25) is 0 Å². The minimum absolute atomic E-state index is 0.00777. The lowest BCUT2D eigenvalue weighted by molar-refractivity contribution is 0.0855. The Hall–Kier alpha value is -2.54. The molecule has 2 aliphatic heterocycles. The number of rotatable bonds is 6. The quantitative estimate of drug-likeness (QED) is 0.835. The monoisotopic (exact) mass is 370 g/mol. The van der Waals surface area contributed by atoms with E-state index < -0.39 is 0 Å². The third-order valence-corrected chi connectivity index (χ3v) is 5.13. The molecule has 1 atom stereocenters. The number of piperidine rings is 1. The number of hydrogen-bond acceptors (Lipinski definition) is 7. The van der Waals surface area contributed by atoms with Crippen molar-refractivity contribution in [3.8, 4) is 17.2 Å². The van der Waals surface area contributed by atoms with Crippen molar-refractivity contribution < 1.29 is 14.2 Å². The van der Waals surface area contributed by atoms with Crippen molar-refractivity contribution in [2.45, 2.75) is 18.9 Å². The first-order chi connectivity index (χ1) is 13.3. The van der Waals surface area contributed by atoms with Gasteiger partial charge in [-0.1, -0.05) is 6.07 Å². The zero-order valence-corrected chi connectivity index (χ0v) is 15.6. The SMILES string of the molecule is COc1cccc2c1O[C@@H](CNCC1CCN(c3ncccn3)CC1)CO2. The van der Waals surface area contributed by atoms with Crippen LogP contribution in [0.1, 0.15) is 12.8 Å². The van der Waals surface area contributed by atoms with Crippen LogP contribution in [0.5, 0.6) is 17.2 Å².